The predicted octanol–water partition coefficient (Wildman–Crippen LogP) is 3.32. The molecule has 2 nitrogen and oxygen atoms in total. The van der Waals surface area contributed by atoms with Gasteiger partial charge in [-0.05, 0) is 18.6 Å². The molecule has 0 radical (unpaired) electrons. The molecule has 0 fully saturated rings. The number of hydrogen-bond acceptors (Lipinski definition) is 2. The molecule has 0 aliphatic carbocycles. The number of rotatable bonds is 1. The maximum Gasteiger partial charge on any atom is 0.155 e. The second-order valence-electron chi connectivity index (χ2n) is 4.09. The molecular weight excluding hydrogens is 196 g/mol. The lowest BCUT2D eigenvalue weighted by atomic mass is 10.0. The average Bonchev–Trinajstić information content (AvgIpc) is 2.77. The first-order valence-electron chi connectivity index (χ1n) is 5.41. The Morgan fingerprint density at radius 2 is 1.88 bits per heavy atom. The van der Waals surface area contributed by atoms with Crippen LogP contribution in [0.4, 0.5) is 5.82 Å². The summed E-state index contributed by atoms with van der Waals surface area (Å²) < 4.78 is 0. The van der Waals surface area contributed by atoms with Crippen LogP contribution >= 0.6 is 0 Å². The summed E-state index contributed by atoms with van der Waals surface area (Å²) in [6.07, 6.45) is 4.71. The minimum absolute atomic E-state index is 0.871. The number of hydrogen-bond donors (Lipinski definition) is 0. The number of pyridine rings is 1. The summed E-state index contributed by atoms with van der Waals surface area (Å²) in [5, 5.41) is 0. The van der Waals surface area contributed by atoms with E-state index in [2.05, 4.69) is 47.2 Å². The van der Waals surface area contributed by atoms with Gasteiger partial charge in [0.05, 0.1) is 0 Å². The van der Waals surface area contributed by atoms with Gasteiger partial charge >= 0.3 is 0 Å². The van der Waals surface area contributed by atoms with Crippen LogP contribution in [0.5, 0.6) is 0 Å². The molecule has 0 spiro atoms. The van der Waals surface area contributed by atoms with Gasteiger partial charge in [0.25, 0.3) is 0 Å². The molecule has 1 aromatic carbocycles. The fourth-order valence-electron chi connectivity index (χ4n) is 1.90. The quantitative estimate of drug-likeness (QED) is 0.705. The van der Waals surface area contributed by atoms with Crippen molar-refractivity contribution in [2.45, 2.75) is 13.3 Å². The predicted molar refractivity (Wildman–Crippen MR) is 66.3 cm³/mol. The SMILES string of the molecule is Cc1ccc(-c2cnc3c(c2)CC=N3)cc1. The van der Waals surface area contributed by atoms with Crippen molar-refractivity contribution in [1.29, 1.82) is 0 Å². The summed E-state index contributed by atoms with van der Waals surface area (Å²) in [6.45, 7) is 2.10. The first kappa shape index (κ1) is 9.28. The number of aromatic nitrogens is 1. The topological polar surface area (TPSA) is 25.2 Å². The van der Waals surface area contributed by atoms with E-state index in [1.807, 2.05) is 12.4 Å². The largest absolute Gasteiger partial charge is 0.241 e. The molecular formula is C14H12N2. The van der Waals surface area contributed by atoms with Crippen molar-refractivity contribution in [3.8, 4) is 11.1 Å². The monoisotopic (exact) mass is 208 g/mol. The van der Waals surface area contributed by atoms with Gasteiger partial charge in [-0.2, -0.15) is 0 Å². The summed E-state index contributed by atoms with van der Waals surface area (Å²) in [7, 11) is 0. The zero-order valence-corrected chi connectivity index (χ0v) is 9.14. The van der Waals surface area contributed by atoms with Gasteiger partial charge in [0.15, 0.2) is 5.82 Å². The fraction of sp³-hybridized carbons (Fsp3) is 0.143. The standard InChI is InChI=1S/C14H12N2/c1-10-2-4-11(5-3-10)13-8-12-6-7-15-14(12)16-9-13/h2-5,7-9H,6H2,1H3. The summed E-state index contributed by atoms with van der Waals surface area (Å²) in [6, 6.07) is 10.7. The Hall–Kier alpha value is -1.96. The molecule has 2 heterocycles. The van der Waals surface area contributed by atoms with E-state index in [1.165, 1.54) is 22.3 Å². The highest BCUT2D eigenvalue weighted by atomic mass is 14.9. The number of nitrogens with zero attached hydrogens (tertiary/aromatic N) is 2. The van der Waals surface area contributed by atoms with Crippen LogP contribution in [0.3, 0.4) is 0 Å². The molecule has 2 heteroatoms. The van der Waals surface area contributed by atoms with Gasteiger partial charge in [-0.1, -0.05) is 29.8 Å². The highest BCUT2D eigenvalue weighted by molar-refractivity contribution is 5.76. The van der Waals surface area contributed by atoms with Crippen LogP contribution in [0.15, 0.2) is 41.5 Å². The van der Waals surface area contributed by atoms with Crippen molar-refractivity contribution in [3.63, 3.8) is 0 Å². The molecule has 0 saturated heterocycles. The van der Waals surface area contributed by atoms with Crippen molar-refractivity contribution < 1.29 is 0 Å². The van der Waals surface area contributed by atoms with E-state index >= 15 is 0 Å². The molecule has 78 valence electrons. The van der Waals surface area contributed by atoms with Crippen LogP contribution in [-0.2, 0) is 6.42 Å². The summed E-state index contributed by atoms with van der Waals surface area (Å²) in [5.41, 5.74) is 4.89. The lowest BCUT2D eigenvalue weighted by Gasteiger charge is -2.04. The Balaban J connectivity index is 2.05. The van der Waals surface area contributed by atoms with Gasteiger partial charge in [0.1, 0.15) is 0 Å². The maximum atomic E-state index is 4.36. The second-order valence-corrected chi connectivity index (χ2v) is 4.09. The van der Waals surface area contributed by atoms with Crippen molar-refractivity contribution in [2.24, 2.45) is 4.99 Å². The number of benzene rings is 1. The van der Waals surface area contributed by atoms with Gasteiger partial charge in [-0.3, -0.25) is 0 Å². The highest BCUT2D eigenvalue weighted by Crippen LogP contribution is 2.27. The fourth-order valence-corrected chi connectivity index (χ4v) is 1.90. The zero-order valence-electron chi connectivity index (χ0n) is 9.14. The molecule has 16 heavy (non-hydrogen) atoms. The molecule has 0 unspecified atom stereocenters. The molecule has 0 atom stereocenters. The van der Waals surface area contributed by atoms with Crippen molar-refractivity contribution in [1.82, 2.24) is 4.98 Å². The Kier molecular flexibility index (Phi) is 2.07. The van der Waals surface area contributed by atoms with E-state index in [0.29, 0.717) is 0 Å². The highest BCUT2D eigenvalue weighted by Gasteiger charge is 2.09. The second kappa shape index (κ2) is 3.56. The van der Waals surface area contributed by atoms with Crippen LogP contribution < -0.4 is 0 Å². The van der Waals surface area contributed by atoms with Crippen molar-refractivity contribution in [3.05, 3.63) is 47.7 Å². The first-order valence-corrected chi connectivity index (χ1v) is 5.41. The molecule has 0 saturated carbocycles. The molecule has 0 amide bonds. The summed E-state index contributed by atoms with van der Waals surface area (Å²) in [5.74, 6) is 0.871. The van der Waals surface area contributed by atoms with Crippen molar-refractivity contribution in [2.75, 3.05) is 0 Å². The third-order valence-electron chi connectivity index (χ3n) is 2.85. The Morgan fingerprint density at radius 3 is 2.69 bits per heavy atom. The van der Waals surface area contributed by atoms with E-state index in [9.17, 15) is 0 Å². The lowest BCUT2D eigenvalue weighted by molar-refractivity contribution is 1.25. The normalized spacial score (nSPS) is 12.8. The first-order chi connectivity index (χ1) is 7.83. The van der Waals surface area contributed by atoms with E-state index < -0.39 is 0 Å². The minimum Gasteiger partial charge on any atom is -0.241 e. The Morgan fingerprint density at radius 1 is 1.06 bits per heavy atom. The number of fused-ring (bicyclic) bond motifs is 1. The molecule has 3 rings (SSSR count). The van der Waals surface area contributed by atoms with Gasteiger partial charge in [0, 0.05) is 30.0 Å². The van der Waals surface area contributed by atoms with Gasteiger partial charge < -0.3 is 0 Å². The van der Waals surface area contributed by atoms with E-state index in [1.54, 1.807) is 0 Å². The smallest absolute Gasteiger partial charge is 0.155 e. The molecule has 1 aliphatic heterocycles. The van der Waals surface area contributed by atoms with Crippen LogP contribution in [0.25, 0.3) is 11.1 Å². The third kappa shape index (κ3) is 1.52. The van der Waals surface area contributed by atoms with Crippen LogP contribution in [-0.4, -0.2) is 11.2 Å². The van der Waals surface area contributed by atoms with Crippen LogP contribution in [0.2, 0.25) is 0 Å². The van der Waals surface area contributed by atoms with Gasteiger partial charge in [-0.25, -0.2) is 9.98 Å². The van der Waals surface area contributed by atoms with E-state index in [-0.39, 0.29) is 0 Å². The lowest BCUT2D eigenvalue weighted by Crippen LogP contribution is -1.85. The van der Waals surface area contributed by atoms with Crippen LogP contribution in [0.1, 0.15) is 11.1 Å². The number of aliphatic imine (C=N–C) groups is 1. The Bertz CT molecular complexity index is 553. The molecule has 1 aromatic heterocycles. The summed E-state index contributed by atoms with van der Waals surface area (Å²) >= 11 is 0. The minimum atomic E-state index is 0.871. The van der Waals surface area contributed by atoms with Gasteiger partial charge in [0.2, 0.25) is 0 Å². The summed E-state index contributed by atoms with van der Waals surface area (Å²) in [4.78, 5) is 8.57. The maximum absolute atomic E-state index is 4.36. The Labute approximate surface area is 94.7 Å². The zero-order chi connectivity index (χ0) is 11.0. The number of aryl methyl sites for hydroxylation is 1. The molecule has 2 aromatic rings. The van der Waals surface area contributed by atoms with Crippen molar-refractivity contribution >= 4 is 12.0 Å². The molecule has 0 N–H and O–H groups in total. The van der Waals surface area contributed by atoms with E-state index in [0.717, 1.165) is 12.2 Å². The van der Waals surface area contributed by atoms with Crippen LogP contribution in [0, 0.1) is 6.92 Å². The molecule has 0 bridgehead atoms. The molecule has 1 aliphatic rings. The average molecular weight is 208 g/mol. The van der Waals surface area contributed by atoms with E-state index in [4.69, 9.17) is 0 Å². The third-order valence-corrected chi connectivity index (χ3v) is 2.85. The van der Waals surface area contributed by atoms with Gasteiger partial charge in [-0.15, -0.1) is 0 Å².